The fourth-order valence-electron chi connectivity index (χ4n) is 2.84. The normalized spacial score (nSPS) is 13.2. The minimum Gasteiger partial charge on any atom is -0.482 e. The van der Waals surface area contributed by atoms with Crippen molar-refractivity contribution in [1.29, 1.82) is 0 Å². The maximum atomic E-state index is 12.1. The third kappa shape index (κ3) is 4.18. The van der Waals surface area contributed by atoms with Gasteiger partial charge in [0.25, 0.3) is 5.91 Å². The van der Waals surface area contributed by atoms with Crippen LogP contribution in [0.5, 0.6) is 5.75 Å². The van der Waals surface area contributed by atoms with Gasteiger partial charge in [-0.3, -0.25) is 9.59 Å². The summed E-state index contributed by atoms with van der Waals surface area (Å²) in [5, 5.41) is 2.93. The first-order chi connectivity index (χ1) is 12.0. The summed E-state index contributed by atoms with van der Waals surface area (Å²) < 4.78 is 5.41. The van der Waals surface area contributed by atoms with Gasteiger partial charge in [0.05, 0.1) is 5.69 Å². The summed E-state index contributed by atoms with van der Waals surface area (Å²) in [7, 11) is 1.73. The van der Waals surface area contributed by atoms with Crippen LogP contribution in [0.4, 0.5) is 5.69 Å². The molecule has 0 saturated carbocycles. The Morgan fingerprint density at radius 2 is 2.04 bits per heavy atom. The van der Waals surface area contributed by atoms with Crippen LogP contribution in [0.3, 0.4) is 0 Å². The van der Waals surface area contributed by atoms with E-state index in [1.807, 2.05) is 43.3 Å². The van der Waals surface area contributed by atoms with Gasteiger partial charge in [-0.05, 0) is 36.6 Å². The van der Waals surface area contributed by atoms with E-state index < -0.39 is 0 Å². The Balaban J connectivity index is 1.55. The van der Waals surface area contributed by atoms with Crippen molar-refractivity contribution in [3.05, 3.63) is 59.2 Å². The largest absolute Gasteiger partial charge is 0.482 e. The van der Waals surface area contributed by atoms with Gasteiger partial charge >= 0.3 is 0 Å². The number of hydrogen-bond donors (Lipinski definition) is 1. The van der Waals surface area contributed by atoms with E-state index in [0.29, 0.717) is 18.7 Å². The number of carbonyl (C=O) groups excluding carboxylic acids is 2. The summed E-state index contributed by atoms with van der Waals surface area (Å²) in [4.78, 5) is 25.4. The second kappa shape index (κ2) is 7.38. The summed E-state index contributed by atoms with van der Waals surface area (Å²) in [5.41, 5.74) is 4.05. The molecule has 5 nitrogen and oxygen atoms in total. The van der Waals surface area contributed by atoms with Gasteiger partial charge < -0.3 is 15.0 Å². The van der Waals surface area contributed by atoms with Crippen LogP contribution in [0.1, 0.15) is 23.1 Å². The van der Waals surface area contributed by atoms with Gasteiger partial charge in [-0.15, -0.1) is 0 Å². The van der Waals surface area contributed by atoms with Crippen LogP contribution in [-0.2, 0) is 22.6 Å². The lowest BCUT2D eigenvalue weighted by Crippen LogP contribution is -2.35. The van der Waals surface area contributed by atoms with Gasteiger partial charge in [0.2, 0.25) is 5.91 Å². The molecule has 0 bridgehead atoms. The zero-order valence-corrected chi connectivity index (χ0v) is 14.5. The predicted octanol–water partition coefficient (Wildman–Crippen LogP) is 2.60. The first-order valence-corrected chi connectivity index (χ1v) is 8.37. The lowest BCUT2D eigenvalue weighted by Gasteiger charge is -2.26. The van der Waals surface area contributed by atoms with Crippen molar-refractivity contribution in [2.75, 3.05) is 18.6 Å². The van der Waals surface area contributed by atoms with Crippen LogP contribution in [-0.4, -0.2) is 25.5 Å². The number of aryl methyl sites for hydroxylation is 2. The summed E-state index contributed by atoms with van der Waals surface area (Å²) in [5.74, 6) is 0.628. The smallest absolute Gasteiger partial charge is 0.264 e. The number of ether oxygens (including phenoxy) is 1. The molecule has 0 spiro atoms. The number of carbonyl (C=O) groups is 2. The highest BCUT2D eigenvalue weighted by molar-refractivity contribution is 5.97. The molecule has 25 heavy (non-hydrogen) atoms. The average molecular weight is 338 g/mol. The first kappa shape index (κ1) is 17.0. The minimum atomic E-state index is -0.0770. The molecule has 1 N–H and O–H groups in total. The fourth-order valence-corrected chi connectivity index (χ4v) is 2.84. The third-order valence-electron chi connectivity index (χ3n) is 4.32. The molecule has 0 unspecified atom stereocenters. The van der Waals surface area contributed by atoms with Gasteiger partial charge in [-0.2, -0.15) is 0 Å². The van der Waals surface area contributed by atoms with Crippen LogP contribution in [0.15, 0.2) is 42.5 Å². The monoisotopic (exact) mass is 338 g/mol. The number of nitrogens with one attached hydrogen (secondary N) is 1. The van der Waals surface area contributed by atoms with Crippen molar-refractivity contribution >= 4 is 17.5 Å². The molecule has 0 saturated heterocycles. The van der Waals surface area contributed by atoms with Gasteiger partial charge in [0.15, 0.2) is 6.61 Å². The Labute approximate surface area is 147 Å². The zero-order valence-electron chi connectivity index (χ0n) is 14.5. The summed E-state index contributed by atoms with van der Waals surface area (Å²) in [6.07, 6.45) is 1.18. The molecule has 1 heterocycles. The number of nitrogens with zero attached hydrogens (tertiary/aromatic N) is 1. The van der Waals surface area contributed by atoms with E-state index in [0.717, 1.165) is 17.7 Å². The summed E-state index contributed by atoms with van der Waals surface area (Å²) in [6, 6.07) is 13.8. The van der Waals surface area contributed by atoms with Crippen molar-refractivity contribution in [2.24, 2.45) is 0 Å². The SMILES string of the molecule is Cc1cccc(CCC(=O)NCc2ccc3c(c2)N(C)C(=O)CO3)c1. The zero-order chi connectivity index (χ0) is 17.8. The van der Waals surface area contributed by atoms with Crippen LogP contribution in [0.25, 0.3) is 0 Å². The van der Waals surface area contributed by atoms with Gasteiger partial charge in [0.1, 0.15) is 5.75 Å². The van der Waals surface area contributed by atoms with Crippen LogP contribution in [0.2, 0.25) is 0 Å². The highest BCUT2D eigenvalue weighted by atomic mass is 16.5. The Hall–Kier alpha value is -2.82. The Kier molecular flexibility index (Phi) is 5.03. The van der Waals surface area contributed by atoms with E-state index in [-0.39, 0.29) is 18.4 Å². The second-order valence-corrected chi connectivity index (χ2v) is 6.31. The summed E-state index contributed by atoms with van der Waals surface area (Å²) in [6.45, 7) is 2.55. The quantitative estimate of drug-likeness (QED) is 0.912. The number of hydrogen-bond acceptors (Lipinski definition) is 3. The van der Waals surface area contributed by atoms with E-state index in [2.05, 4.69) is 11.4 Å². The molecule has 2 aromatic rings. The molecule has 2 aromatic carbocycles. The second-order valence-electron chi connectivity index (χ2n) is 6.31. The third-order valence-corrected chi connectivity index (χ3v) is 4.32. The van der Waals surface area contributed by atoms with Crippen molar-refractivity contribution in [1.82, 2.24) is 5.32 Å². The number of likely N-dealkylation sites (N-methyl/N-ethyl adjacent to an activating group) is 1. The number of anilines is 1. The molecule has 3 rings (SSSR count). The lowest BCUT2D eigenvalue weighted by molar-refractivity contribution is -0.121. The van der Waals surface area contributed by atoms with E-state index in [4.69, 9.17) is 4.74 Å². The predicted molar refractivity (Wildman–Crippen MR) is 96.7 cm³/mol. The molecule has 2 amide bonds. The van der Waals surface area contributed by atoms with E-state index in [1.165, 1.54) is 11.1 Å². The van der Waals surface area contributed by atoms with Crippen molar-refractivity contribution in [3.8, 4) is 5.75 Å². The van der Waals surface area contributed by atoms with Crippen molar-refractivity contribution < 1.29 is 14.3 Å². The Bertz CT molecular complexity index is 801. The number of benzene rings is 2. The lowest BCUT2D eigenvalue weighted by atomic mass is 10.1. The molecule has 0 radical (unpaired) electrons. The van der Waals surface area contributed by atoms with Crippen LogP contribution >= 0.6 is 0 Å². The molecule has 5 heteroatoms. The molecular weight excluding hydrogens is 316 g/mol. The first-order valence-electron chi connectivity index (χ1n) is 8.37. The van der Waals surface area contributed by atoms with Crippen LogP contribution in [0, 0.1) is 6.92 Å². The van der Waals surface area contributed by atoms with E-state index in [1.54, 1.807) is 11.9 Å². The Morgan fingerprint density at radius 3 is 2.84 bits per heavy atom. The van der Waals surface area contributed by atoms with Crippen molar-refractivity contribution in [3.63, 3.8) is 0 Å². The fraction of sp³-hybridized carbons (Fsp3) is 0.300. The topological polar surface area (TPSA) is 58.6 Å². The molecular formula is C20H22N2O3. The van der Waals surface area contributed by atoms with E-state index >= 15 is 0 Å². The molecule has 0 aromatic heterocycles. The standard InChI is InChI=1S/C20H22N2O3/c1-14-4-3-5-15(10-14)7-9-19(23)21-12-16-6-8-18-17(11-16)22(2)20(24)13-25-18/h3-6,8,10-11H,7,9,12-13H2,1-2H3,(H,21,23). The van der Waals surface area contributed by atoms with Crippen LogP contribution < -0.4 is 15.0 Å². The number of rotatable bonds is 5. The average Bonchev–Trinajstić information content (AvgIpc) is 2.61. The maximum Gasteiger partial charge on any atom is 0.264 e. The number of fused-ring (bicyclic) bond motifs is 1. The molecule has 1 aliphatic heterocycles. The van der Waals surface area contributed by atoms with E-state index in [9.17, 15) is 9.59 Å². The van der Waals surface area contributed by atoms with Gasteiger partial charge in [0, 0.05) is 20.0 Å². The number of amides is 2. The molecule has 0 aliphatic carbocycles. The molecule has 0 fully saturated rings. The maximum absolute atomic E-state index is 12.1. The highest BCUT2D eigenvalue weighted by Crippen LogP contribution is 2.31. The van der Waals surface area contributed by atoms with Gasteiger partial charge in [-0.1, -0.05) is 35.9 Å². The highest BCUT2D eigenvalue weighted by Gasteiger charge is 2.22. The Morgan fingerprint density at radius 1 is 1.20 bits per heavy atom. The van der Waals surface area contributed by atoms with Gasteiger partial charge in [-0.25, -0.2) is 0 Å². The molecule has 0 atom stereocenters. The molecule has 1 aliphatic rings. The molecule has 130 valence electrons. The minimum absolute atomic E-state index is 0.0138. The summed E-state index contributed by atoms with van der Waals surface area (Å²) >= 11 is 0. The van der Waals surface area contributed by atoms with Crippen molar-refractivity contribution in [2.45, 2.75) is 26.3 Å².